The molecule has 3 aromatic rings. The van der Waals surface area contributed by atoms with Crippen LogP contribution < -0.4 is 9.79 Å². The molecule has 1 aromatic heterocycles. The minimum absolute atomic E-state index is 0.0949. The van der Waals surface area contributed by atoms with Crippen LogP contribution in [0, 0.1) is 0 Å². The minimum Gasteiger partial charge on any atom is -0.539 e. The predicted octanol–water partition coefficient (Wildman–Crippen LogP) is 2.29. The topological polar surface area (TPSA) is 62.2 Å². The van der Waals surface area contributed by atoms with E-state index >= 15 is 0 Å². The first-order chi connectivity index (χ1) is 11.3. The quantitative estimate of drug-likeness (QED) is 0.681. The van der Waals surface area contributed by atoms with Crippen molar-refractivity contribution in [3.05, 3.63) is 77.5 Å². The van der Waals surface area contributed by atoms with E-state index in [0.717, 1.165) is 17.5 Å². The Bertz CT molecular complexity index is 787. The third-order valence-electron chi connectivity index (χ3n) is 4.13. The lowest BCUT2D eigenvalue weighted by molar-refractivity contribution is -0.768. The highest BCUT2D eigenvalue weighted by molar-refractivity contribution is 5.27. The summed E-state index contributed by atoms with van der Waals surface area (Å²) in [7, 11) is 0. The lowest BCUT2D eigenvalue weighted by Gasteiger charge is -2.20. The second kappa shape index (κ2) is 5.85. The van der Waals surface area contributed by atoms with Crippen molar-refractivity contribution < 1.29 is 19.0 Å². The minimum atomic E-state index is -0.484. The zero-order valence-electron chi connectivity index (χ0n) is 12.5. The zero-order chi connectivity index (χ0) is 15.6. The van der Waals surface area contributed by atoms with Crippen molar-refractivity contribution in [2.75, 3.05) is 0 Å². The number of fused-ring (bicyclic) bond motifs is 1. The van der Waals surface area contributed by atoms with Crippen LogP contribution in [0.15, 0.2) is 65.2 Å². The van der Waals surface area contributed by atoms with Gasteiger partial charge in [-0.1, -0.05) is 65.3 Å². The molecule has 23 heavy (non-hydrogen) atoms. The molecule has 5 nitrogen and oxygen atoms in total. The van der Waals surface area contributed by atoms with Crippen LogP contribution in [0.3, 0.4) is 0 Å². The molecule has 0 bridgehead atoms. The molecule has 5 heteroatoms. The SMILES string of the molecule is [O-]c1on[n+]2c1[C@H](c1ccccc1)O[C@H](c1ccccc1)CC2. The highest BCUT2D eigenvalue weighted by atomic mass is 16.6. The number of aryl methyl sites for hydroxylation is 1. The number of hydrogen-bond acceptors (Lipinski definition) is 4. The Balaban J connectivity index is 1.77. The van der Waals surface area contributed by atoms with Crippen molar-refractivity contribution in [1.82, 2.24) is 5.27 Å². The summed E-state index contributed by atoms with van der Waals surface area (Å²) in [5, 5.41) is 16.0. The second-order valence-corrected chi connectivity index (χ2v) is 5.58. The van der Waals surface area contributed by atoms with Crippen LogP contribution in [0.5, 0.6) is 5.95 Å². The molecule has 0 aliphatic carbocycles. The van der Waals surface area contributed by atoms with Gasteiger partial charge in [-0.3, -0.25) is 0 Å². The highest BCUT2D eigenvalue weighted by Gasteiger charge is 2.36. The van der Waals surface area contributed by atoms with Crippen molar-refractivity contribution in [1.29, 1.82) is 0 Å². The fraction of sp³-hybridized carbons (Fsp3) is 0.222. The van der Waals surface area contributed by atoms with E-state index in [4.69, 9.17) is 9.26 Å². The molecule has 0 fully saturated rings. The first kappa shape index (κ1) is 14.0. The molecule has 1 aliphatic rings. The maximum atomic E-state index is 12.1. The largest absolute Gasteiger partial charge is 0.539 e. The van der Waals surface area contributed by atoms with E-state index < -0.39 is 12.1 Å². The first-order valence-electron chi connectivity index (χ1n) is 7.65. The molecule has 0 saturated heterocycles. The summed E-state index contributed by atoms with van der Waals surface area (Å²) in [5.41, 5.74) is 2.47. The Hall–Kier alpha value is -2.66. The van der Waals surface area contributed by atoms with E-state index in [0.29, 0.717) is 12.2 Å². The number of hydrogen-bond donors (Lipinski definition) is 0. The van der Waals surface area contributed by atoms with Crippen molar-refractivity contribution in [2.24, 2.45) is 0 Å². The lowest BCUT2D eigenvalue weighted by Crippen LogP contribution is -2.39. The summed E-state index contributed by atoms with van der Waals surface area (Å²) >= 11 is 0. The molecule has 0 saturated carbocycles. The van der Waals surface area contributed by atoms with E-state index in [1.807, 2.05) is 60.7 Å². The van der Waals surface area contributed by atoms with Gasteiger partial charge in [0.25, 0.3) is 5.69 Å². The lowest BCUT2D eigenvalue weighted by atomic mass is 10.0. The van der Waals surface area contributed by atoms with Crippen molar-refractivity contribution in [3.8, 4) is 5.95 Å². The van der Waals surface area contributed by atoms with E-state index in [1.165, 1.54) is 0 Å². The number of aromatic nitrogens is 2. The van der Waals surface area contributed by atoms with Crippen LogP contribution in [-0.2, 0) is 11.3 Å². The Labute approximate surface area is 133 Å². The predicted molar refractivity (Wildman–Crippen MR) is 79.3 cm³/mol. The van der Waals surface area contributed by atoms with Crippen LogP contribution in [0.1, 0.15) is 35.4 Å². The second-order valence-electron chi connectivity index (χ2n) is 5.58. The van der Waals surface area contributed by atoms with Crippen LogP contribution >= 0.6 is 0 Å². The number of nitrogens with zero attached hydrogens (tertiary/aromatic N) is 2. The summed E-state index contributed by atoms with van der Waals surface area (Å²) in [5.74, 6) is -0.437. The summed E-state index contributed by atoms with van der Waals surface area (Å²) in [4.78, 5) is 0. The van der Waals surface area contributed by atoms with Gasteiger partial charge in [-0.2, -0.15) is 0 Å². The molecule has 2 heterocycles. The normalized spacial score (nSPS) is 20.7. The van der Waals surface area contributed by atoms with Crippen LogP contribution in [0.25, 0.3) is 0 Å². The third kappa shape index (κ3) is 2.59. The van der Waals surface area contributed by atoms with Gasteiger partial charge in [0.15, 0.2) is 18.6 Å². The molecule has 0 amide bonds. The smallest absolute Gasteiger partial charge is 0.266 e. The molecule has 1 aliphatic heterocycles. The number of benzene rings is 2. The number of ether oxygens (including phenoxy) is 1. The Kier molecular flexibility index (Phi) is 3.55. The standard InChI is InChI=1S/C18H16N2O3/c21-18-16-17(14-9-5-2-6-10-14)22-15(11-12-20(16)19-23-18)13-7-3-1-4-8-13/h1-10,15,17H,11-12H2/t15-,17-/m0/s1. The average Bonchev–Trinajstić information content (AvgIpc) is 2.87. The van der Waals surface area contributed by atoms with Crippen LogP contribution in [-0.4, -0.2) is 5.27 Å². The third-order valence-corrected chi connectivity index (χ3v) is 4.13. The summed E-state index contributed by atoms with van der Waals surface area (Å²) in [6.45, 7) is 0.587. The Morgan fingerprint density at radius 2 is 1.61 bits per heavy atom. The zero-order valence-corrected chi connectivity index (χ0v) is 12.5. The van der Waals surface area contributed by atoms with Crippen molar-refractivity contribution >= 4 is 0 Å². The van der Waals surface area contributed by atoms with Gasteiger partial charge in [0, 0.05) is 6.42 Å². The molecule has 0 unspecified atom stereocenters. The van der Waals surface area contributed by atoms with E-state index in [-0.39, 0.29) is 6.10 Å². The molecular formula is C18H16N2O3. The van der Waals surface area contributed by atoms with Crippen molar-refractivity contribution in [2.45, 2.75) is 25.2 Å². The van der Waals surface area contributed by atoms with E-state index in [1.54, 1.807) is 4.68 Å². The highest BCUT2D eigenvalue weighted by Crippen LogP contribution is 2.36. The van der Waals surface area contributed by atoms with Gasteiger partial charge >= 0.3 is 0 Å². The monoisotopic (exact) mass is 308 g/mol. The van der Waals surface area contributed by atoms with E-state index in [2.05, 4.69) is 5.27 Å². The molecule has 4 rings (SSSR count). The molecular weight excluding hydrogens is 292 g/mol. The fourth-order valence-corrected chi connectivity index (χ4v) is 3.00. The average molecular weight is 308 g/mol. The molecule has 2 aromatic carbocycles. The van der Waals surface area contributed by atoms with Gasteiger partial charge in [-0.25, -0.2) is 0 Å². The van der Waals surface area contributed by atoms with Gasteiger partial charge in [0.1, 0.15) is 0 Å². The maximum absolute atomic E-state index is 12.1. The fourth-order valence-electron chi connectivity index (χ4n) is 3.00. The molecule has 0 spiro atoms. The Morgan fingerprint density at radius 3 is 2.30 bits per heavy atom. The molecule has 0 radical (unpaired) electrons. The Morgan fingerprint density at radius 1 is 0.957 bits per heavy atom. The van der Waals surface area contributed by atoms with Gasteiger partial charge < -0.3 is 14.4 Å². The van der Waals surface area contributed by atoms with Gasteiger partial charge in [-0.15, -0.1) is 0 Å². The molecule has 0 N–H and O–H groups in total. The van der Waals surface area contributed by atoms with Gasteiger partial charge in [0.2, 0.25) is 0 Å². The summed E-state index contributed by atoms with van der Waals surface area (Å²) in [6, 6.07) is 19.8. The van der Waals surface area contributed by atoms with Crippen molar-refractivity contribution in [3.63, 3.8) is 0 Å². The van der Waals surface area contributed by atoms with Crippen LogP contribution in [0.4, 0.5) is 0 Å². The summed E-state index contributed by atoms with van der Waals surface area (Å²) < 4.78 is 12.8. The van der Waals surface area contributed by atoms with E-state index in [9.17, 15) is 5.11 Å². The van der Waals surface area contributed by atoms with Gasteiger partial charge in [0.05, 0.1) is 11.4 Å². The van der Waals surface area contributed by atoms with Crippen LogP contribution in [0.2, 0.25) is 0 Å². The van der Waals surface area contributed by atoms with Gasteiger partial charge in [-0.05, 0) is 11.1 Å². The number of rotatable bonds is 2. The molecule has 2 atom stereocenters. The maximum Gasteiger partial charge on any atom is 0.266 e. The summed E-state index contributed by atoms with van der Waals surface area (Å²) in [6.07, 6.45) is 0.155. The first-order valence-corrected chi connectivity index (χ1v) is 7.65. The molecule has 116 valence electrons.